The van der Waals surface area contributed by atoms with Crippen molar-refractivity contribution < 1.29 is 19.4 Å². The first kappa shape index (κ1) is 17.3. The Kier molecular flexibility index (Phi) is 8.38. The lowest BCUT2D eigenvalue weighted by atomic mass is 10.2. The fourth-order valence-corrected chi connectivity index (χ4v) is 1.48. The highest BCUT2D eigenvalue weighted by atomic mass is 16.5. The molecule has 0 aliphatic carbocycles. The van der Waals surface area contributed by atoms with Crippen molar-refractivity contribution in [1.29, 1.82) is 0 Å². The molecular weight excluding hydrogens is 248 g/mol. The van der Waals surface area contributed by atoms with Crippen LogP contribution in [0.1, 0.15) is 26.7 Å². The van der Waals surface area contributed by atoms with E-state index in [2.05, 4.69) is 11.2 Å². The predicted molar refractivity (Wildman–Crippen MR) is 71.7 cm³/mol. The number of nitrogens with zero attached hydrogens (tertiary/aromatic N) is 1. The minimum absolute atomic E-state index is 0.00423. The Morgan fingerprint density at radius 1 is 1.53 bits per heavy atom. The zero-order valence-corrected chi connectivity index (χ0v) is 11.7. The summed E-state index contributed by atoms with van der Waals surface area (Å²) in [5.74, 6) is 1.10. The van der Waals surface area contributed by atoms with Crippen LogP contribution in [0.15, 0.2) is 0 Å². The maximum Gasteiger partial charge on any atom is 0.327 e. The molecule has 0 saturated heterocycles. The van der Waals surface area contributed by atoms with E-state index in [1.807, 2.05) is 13.8 Å². The average Bonchev–Trinajstić information content (AvgIpc) is 2.38. The van der Waals surface area contributed by atoms with Crippen LogP contribution in [0, 0.1) is 12.3 Å². The Bertz CT molecular complexity index is 338. The number of carboxylic acid groups (broad SMARTS) is 1. The lowest BCUT2D eigenvalue weighted by Crippen LogP contribution is -2.51. The van der Waals surface area contributed by atoms with Gasteiger partial charge in [-0.2, -0.15) is 0 Å². The maximum absolute atomic E-state index is 12.1. The highest BCUT2D eigenvalue weighted by Gasteiger charge is 2.24. The molecule has 6 nitrogen and oxygen atoms in total. The molecule has 0 bridgehead atoms. The summed E-state index contributed by atoms with van der Waals surface area (Å²) in [5.41, 5.74) is 0. The number of carboxylic acids is 1. The molecule has 0 heterocycles. The molecule has 2 atom stereocenters. The zero-order valence-electron chi connectivity index (χ0n) is 11.7. The van der Waals surface area contributed by atoms with Gasteiger partial charge in [0, 0.05) is 26.1 Å². The number of carbonyl (C=O) groups is 2. The second-order valence-electron chi connectivity index (χ2n) is 4.19. The Balaban J connectivity index is 4.69. The van der Waals surface area contributed by atoms with Crippen molar-refractivity contribution >= 4 is 12.0 Å². The van der Waals surface area contributed by atoms with Crippen LogP contribution in [0.4, 0.5) is 4.79 Å². The monoisotopic (exact) mass is 270 g/mol. The third kappa shape index (κ3) is 6.11. The van der Waals surface area contributed by atoms with Crippen LogP contribution in [-0.2, 0) is 9.53 Å². The quantitative estimate of drug-likeness (QED) is 0.643. The van der Waals surface area contributed by atoms with Gasteiger partial charge < -0.3 is 20.1 Å². The third-order valence-electron chi connectivity index (χ3n) is 2.84. The van der Waals surface area contributed by atoms with Crippen LogP contribution >= 0.6 is 0 Å². The predicted octanol–water partition coefficient (Wildman–Crippen LogP) is 0.919. The van der Waals surface area contributed by atoms with Crippen molar-refractivity contribution in [3.8, 4) is 12.3 Å². The molecule has 2 amide bonds. The van der Waals surface area contributed by atoms with E-state index >= 15 is 0 Å². The van der Waals surface area contributed by atoms with E-state index in [0.717, 1.165) is 6.42 Å². The summed E-state index contributed by atoms with van der Waals surface area (Å²) >= 11 is 0. The van der Waals surface area contributed by atoms with Gasteiger partial charge in [0.1, 0.15) is 6.04 Å². The minimum Gasteiger partial charge on any atom is -0.480 e. The van der Waals surface area contributed by atoms with Gasteiger partial charge >= 0.3 is 12.0 Å². The first-order chi connectivity index (χ1) is 8.97. The van der Waals surface area contributed by atoms with E-state index in [1.54, 1.807) is 12.0 Å². The second kappa shape index (κ2) is 9.22. The molecule has 0 aromatic carbocycles. The maximum atomic E-state index is 12.1. The molecule has 0 spiro atoms. The highest BCUT2D eigenvalue weighted by Crippen LogP contribution is 2.05. The van der Waals surface area contributed by atoms with E-state index in [-0.39, 0.29) is 12.5 Å². The summed E-state index contributed by atoms with van der Waals surface area (Å²) in [5, 5.41) is 11.4. The highest BCUT2D eigenvalue weighted by molar-refractivity contribution is 5.83. The number of methoxy groups -OCH3 is 1. The number of ether oxygens (including phenoxy) is 1. The lowest BCUT2D eigenvalue weighted by molar-refractivity contribution is -0.139. The molecule has 0 radical (unpaired) electrons. The summed E-state index contributed by atoms with van der Waals surface area (Å²) in [4.78, 5) is 24.6. The number of amides is 2. The summed E-state index contributed by atoms with van der Waals surface area (Å²) in [6, 6.07) is -1.50. The van der Waals surface area contributed by atoms with Gasteiger partial charge in [-0.05, 0) is 13.3 Å². The Labute approximate surface area is 114 Å². The molecule has 0 aliphatic rings. The van der Waals surface area contributed by atoms with Crippen molar-refractivity contribution in [2.45, 2.75) is 38.8 Å². The minimum atomic E-state index is -1.14. The molecule has 0 aliphatic heterocycles. The van der Waals surface area contributed by atoms with E-state index in [9.17, 15) is 9.59 Å². The standard InChI is InChI=1S/C13H22N2O4/c1-5-7-11(12(16)17)14-13(18)15(8-9-19-4)10(3)6-2/h1,10-11H,6-9H2,2-4H3,(H,14,18)(H,16,17). The molecule has 108 valence electrons. The van der Waals surface area contributed by atoms with Gasteiger partial charge in [0.05, 0.1) is 6.61 Å². The van der Waals surface area contributed by atoms with Crippen LogP contribution < -0.4 is 5.32 Å². The van der Waals surface area contributed by atoms with Gasteiger partial charge in [-0.3, -0.25) is 0 Å². The number of terminal acetylenes is 1. The summed E-state index contributed by atoms with van der Waals surface area (Å²) in [7, 11) is 1.55. The zero-order chi connectivity index (χ0) is 14.8. The molecule has 2 unspecified atom stereocenters. The van der Waals surface area contributed by atoms with Gasteiger partial charge in [0.2, 0.25) is 0 Å². The fraction of sp³-hybridized carbons (Fsp3) is 0.692. The van der Waals surface area contributed by atoms with Crippen molar-refractivity contribution in [1.82, 2.24) is 10.2 Å². The topological polar surface area (TPSA) is 78.9 Å². The largest absolute Gasteiger partial charge is 0.480 e. The van der Waals surface area contributed by atoms with Gasteiger partial charge in [0.15, 0.2) is 0 Å². The number of nitrogens with one attached hydrogen (secondary N) is 1. The SMILES string of the molecule is C#CCC(NC(=O)N(CCOC)C(C)CC)C(=O)O. The Morgan fingerprint density at radius 3 is 2.58 bits per heavy atom. The van der Waals surface area contributed by atoms with Crippen LogP contribution in [-0.4, -0.2) is 54.4 Å². The number of hydrogen-bond donors (Lipinski definition) is 2. The van der Waals surface area contributed by atoms with E-state index in [1.165, 1.54) is 0 Å². The van der Waals surface area contributed by atoms with E-state index in [0.29, 0.717) is 13.2 Å². The van der Waals surface area contributed by atoms with Gasteiger partial charge in [-0.1, -0.05) is 6.92 Å². The number of rotatable bonds is 8. The number of aliphatic carboxylic acids is 1. The molecule has 0 aromatic rings. The van der Waals surface area contributed by atoms with Crippen molar-refractivity contribution in [3.63, 3.8) is 0 Å². The Morgan fingerprint density at radius 2 is 2.16 bits per heavy atom. The third-order valence-corrected chi connectivity index (χ3v) is 2.84. The Hall–Kier alpha value is -1.74. The molecule has 0 aromatic heterocycles. The lowest BCUT2D eigenvalue weighted by Gasteiger charge is -2.29. The molecule has 6 heteroatoms. The smallest absolute Gasteiger partial charge is 0.327 e. The van der Waals surface area contributed by atoms with E-state index in [4.69, 9.17) is 16.3 Å². The normalized spacial score (nSPS) is 13.2. The number of carbonyl (C=O) groups excluding carboxylic acids is 1. The molecule has 2 N–H and O–H groups in total. The second-order valence-corrected chi connectivity index (χ2v) is 4.19. The molecule has 0 rings (SSSR count). The van der Waals surface area contributed by atoms with Gasteiger partial charge in [-0.15, -0.1) is 12.3 Å². The molecule has 0 saturated carbocycles. The van der Waals surface area contributed by atoms with Gasteiger partial charge in [-0.25, -0.2) is 9.59 Å². The van der Waals surface area contributed by atoms with Crippen molar-refractivity contribution in [2.24, 2.45) is 0 Å². The summed E-state index contributed by atoms with van der Waals surface area (Å²) < 4.78 is 4.95. The first-order valence-corrected chi connectivity index (χ1v) is 6.20. The van der Waals surface area contributed by atoms with Crippen LogP contribution in [0.3, 0.4) is 0 Å². The van der Waals surface area contributed by atoms with Crippen LogP contribution in [0.2, 0.25) is 0 Å². The molecule has 19 heavy (non-hydrogen) atoms. The van der Waals surface area contributed by atoms with Crippen molar-refractivity contribution in [2.75, 3.05) is 20.3 Å². The number of urea groups is 1. The molecular formula is C13H22N2O4. The average molecular weight is 270 g/mol. The van der Waals surface area contributed by atoms with Crippen molar-refractivity contribution in [3.05, 3.63) is 0 Å². The van der Waals surface area contributed by atoms with Crippen LogP contribution in [0.25, 0.3) is 0 Å². The summed E-state index contributed by atoms with van der Waals surface area (Å²) in [6.45, 7) is 4.64. The van der Waals surface area contributed by atoms with E-state index < -0.39 is 18.0 Å². The van der Waals surface area contributed by atoms with Gasteiger partial charge in [0.25, 0.3) is 0 Å². The first-order valence-electron chi connectivity index (χ1n) is 6.20. The number of hydrogen-bond acceptors (Lipinski definition) is 3. The fourth-order valence-electron chi connectivity index (χ4n) is 1.48. The summed E-state index contributed by atoms with van der Waals surface area (Å²) in [6.07, 6.45) is 5.81. The molecule has 0 fully saturated rings. The van der Waals surface area contributed by atoms with Crippen LogP contribution in [0.5, 0.6) is 0 Å².